The Hall–Kier alpha value is -7.00. The zero-order chi connectivity index (χ0) is 49.6. The number of aromatic nitrogens is 1. The number of anilines is 2. The number of methoxy groups -OCH3 is 2. The van der Waals surface area contributed by atoms with Crippen molar-refractivity contribution in [3.8, 4) is 17.0 Å². The number of hydrogen-bond acceptors (Lipinski definition) is 9. The third-order valence-corrected chi connectivity index (χ3v) is 12.1. The second-order valence-corrected chi connectivity index (χ2v) is 17.7. The minimum atomic E-state index is -3.43. The zero-order valence-electron chi connectivity index (χ0n) is 37.6. The zero-order valence-corrected chi connectivity index (χ0v) is 37.6. The average Bonchev–Trinajstić information content (AvgIpc) is 3.82. The van der Waals surface area contributed by atoms with Gasteiger partial charge in [0.15, 0.2) is 0 Å². The first-order chi connectivity index (χ1) is 32.0. The molecule has 0 saturated carbocycles. The summed E-state index contributed by atoms with van der Waals surface area (Å²) in [6.45, 7) is 4.86. The second kappa shape index (κ2) is 18.9. The quantitative estimate of drug-likeness (QED) is 0.115. The Kier molecular flexibility index (Phi) is 13.6. The average molecular weight is 958 g/mol. The Balaban J connectivity index is 1.20. The van der Waals surface area contributed by atoms with E-state index in [0.29, 0.717) is 28.2 Å². The highest BCUT2D eigenvalue weighted by atomic mass is 19.3. The Morgan fingerprint density at radius 3 is 1.79 bits per heavy atom. The number of alkyl halides is 4. The maximum Gasteiger partial charge on any atom is 0.407 e. The van der Waals surface area contributed by atoms with Crippen LogP contribution in [0.3, 0.4) is 0 Å². The van der Waals surface area contributed by atoms with Crippen molar-refractivity contribution in [3.63, 3.8) is 0 Å². The molecule has 2 fully saturated rings. The topological polar surface area (TPSA) is 190 Å². The molecule has 0 radical (unpaired) electrons. The van der Waals surface area contributed by atoms with Crippen LogP contribution in [0.4, 0.5) is 47.3 Å². The van der Waals surface area contributed by atoms with Gasteiger partial charge in [0, 0.05) is 65.8 Å². The van der Waals surface area contributed by atoms with E-state index in [1.54, 1.807) is 50.5 Å². The number of amides is 6. The SMILES string of the molecule is COC(=O)N[C@H](C(=O)N1CCC(F)(F)C[C@H]1C(=O)Nc1ccc2c(c1)OC(c1cc(F)cc(F)c1)n1c-2cc2cc(NC(=O)[C@@H]3CC(F)(F)CN3C(=O)[C@@H](NC(=O)OC)C(C)C)ccc21)C(C)C. The molecule has 3 aliphatic heterocycles. The summed E-state index contributed by atoms with van der Waals surface area (Å²) in [5, 5.41) is 10.4. The Morgan fingerprint density at radius 1 is 0.691 bits per heavy atom. The summed E-state index contributed by atoms with van der Waals surface area (Å²) in [4.78, 5) is 80.7. The number of ether oxygens (including phenoxy) is 3. The molecule has 4 aromatic rings. The summed E-state index contributed by atoms with van der Waals surface area (Å²) in [6, 6.07) is 7.56. The molecule has 0 bridgehead atoms. The van der Waals surface area contributed by atoms with E-state index in [-0.39, 0.29) is 22.7 Å². The molecule has 22 heteroatoms. The number of likely N-dealkylation sites (tertiary alicyclic amines) is 2. The molecule has 364 valence electrons. The normalized spacial score (nSPS) is 20.1. The second-order valence-electron chi connectivity index (χ2n) is 17.7. The van der Waals surface area contributed by atoms with Crippen molar-refractivity contribution >= 4 is 58.1 Å². The Labute approximate surface area is 385 Å². The largest absolute Gasteiger partial charge is 0.465 e. The molecule has 0 spiro atoms. The first-order valence-corrected chi connectivity index (χ1v) is 21.6. The molecule has 0 aliphatic carbocycles. The van der Waals surface area contributed by atoms with Gasteiger partial charge in [-0.25, -0.2) is 35.9 Å². The molecular weight excluding hydrogens is 909 g/mol. The van der Waals surface area contributed by atoms with Crippen molar-refractivity contribution < 1.29 is 69.3 Å². The van der Waals surface area contributed by atoms with Crippen molar-refractivity contribution in [2.24, 2.45) is 11.8 Å². The third kappa shape index (κ3) is 10.1. The molecule has 16 nitrogen and oxygen atoms in total. The van der Waals surface area contributed by atoms with Gasteiger partial charge in [-0.2, -0.15) is 0 Å². The Bertz CT molecular complexity index is 2640. The number of carbonyl (C=O) groups is 6. The van der Waals surface area contributed by atoms with Crippen LogP contribution in [-0.4, -0.2) is 114 Å². The first-order valence-electron chi connectivity index (χ1n) is 21.6. The van der Waals surface area contributed by atoms with Gasteiger partial charge >= 0.3 is 12.2 Å². The van der Waals surface area contributed by atoms with E-state index in [4.69, 9.17) is 4.74 Å². The van der Waals surface area contributed by atoms with Gasteiger partial charge in [-0.1, -0.05) is 27.7 Å². The van der Waals surface area contributed by atoms with Crippen LogP contribution in [0.1, 0.15) is 58.7 Å². The number of nitrogens with one attached hydrogen (secondary N) is 4. The van der Waals surface area contributed by atoms with Gasteiger partial charge in [-0.3, -0.25) is 19.2 Å². The van der Waals surface area contributed by atoms with Gasteiger partial charge in [-0.05, 0) is 60.4 Å². The van der Waals surface area contributed by atoms with Crippen molar-refractivity contribution in [2.75, 3.05) is 37.9 Å². The molecule has 5 atom stereocenters. The maximum atomic E-state index is 14.9. The van der Waals surface area contributed by atoms with E-state index >= 15 is 0 Å². The number of halogens is 6. The van der Waals surface area contributed by atoms with Crippen LogP contribution < -0.4 is 26.0 Å². The minimum Gasteiger partial charge on any atom is -0.465 e. The number of nitrogens with zero attached hydrogens (tertiary/aromatic N) is 3. The van der Waals surface area contributed by atoms with Crippen LogP contribution in [0.2, 0.25) is 0 Å². The van der Waals surface area contributed by atoms with Crippen LogP contribution in [0.15, 0.2) is 60.7 Å². The standard InChI is InChI=1S/C46H49F6N7O9/c1-22(2)36(55-43(64)66-5)40(62)57-12-11-45(49,50)19-33(57)38(60)54-29-7-9-30-32-16-24-15-28(8-10-31(24)59(32)42(68-35(30)18-29)25-13-26(47)17-27(48)14-25)53-39(61)34-20-46(51,52)21-58(34)41(63)37(23(3)4)56-44(65)67-6/h7-10,13-18,22-23,33-34,36-37,42H,11-12,19-21H2,1-6H3,(H,53,61)(H,54,60)(H,55,64)(H,56,65)/t33-,34-,36-,37-,42?/m0/s1. The maximum absolute atomic E-state index is 14.9. The number of carbonyl (C=O) groups excluding carboxylic acids is 6. The molecular formula is C46H49F6N7O9. The molecule has 2 saturated heterocycles. The van der Waals surface area contributed by atoms with E-state index in [9.17, 15) is 55.1 Å². The highest BCUT2D eigenvalue weighted by Gasteiger charge is 2.52. The lowest BCUT2D eigenvalue weighted by Crippen LogP contribution is -2.60. The van der Waals surface area contributed by atoms with E-state index in [1.807, 2.05) is 0 Å². The number of alkyl carbamates (subject to hydrolysis) is 2. The van der Waals surface area contributed by atoms with Crippen molar-refractivity contribution in [3.05, 3.63) is 77.9 Å². The fraction of sp³-hybridized carbons (Fsp3) is 0.435. The predicted molar refractivity (Wildman–Crippen MR) is 233 cm³/mol. The number of hydrogen-bond donors (Lipinski definition) is 4. The molecule has 1 aromatic heterocycles. The van der Waals surface area contributed by atoms with Gasteiger partial charge in [0.25, 0.3) is 11.8 Å². The van der Waals surface area contributed by atoms with Crippen LogP contribution in [-0.2, 0) is 28.7 Å². The molecule has 6 amide bonds. The molecule has 3 aromatic carbocycles. The molecule has 7 rings (SSSR count). The summed E-state index contributed by atoms with van der Waals surface area (Å²) in [5.74, 6) is -13.1. The van der Waals surface area contributed by atoms with Crippen LogP contribution in [0.25, 0.3) is 22.2 Å². The first kappa shape index (κ1) is 48.9. The summed E-state index contributed by atoms with van der Waals surface area (Å²) in [5.41, 5.74) is 1.45. The smallest absolute Gasteiger partial charge is 0.407 e. The molecule has 4 heterocycles. The van der Waals surface area contributed by atoms with Crippen LogP contribution >= 0.6 is 0 Å². The fourth-order valence-electron chi connectivity index (χ4n) is 8.71. The van der Waals surface area contributed by atoms with Gasteiger partial charge in [0.05, 0.1) is 32.0 Å². The Morgan fingerprint density at radius 2 is 1.22 bits per heavy atom. The van der Waals surface area contributed by atoms with Crippen molar-refractivity contribution in [1.29, 1.82) is 0 Å². The van der Waals surface area contributed by atoms with Crippen LogP contribution in [0, 0.1) is 23.5 Å². The van der Waals surface area contributed by atoms with Gasteiger partial charge in [-0.15, -0.1) is 0 Å². The molecule has 68 heavy (non-hydrogen) atoms. The number of benzene rings is 3. The van der Waals surface area contributed by atoms with Gasteiger partial charge < -0.3 is 49.8 Å². The number of piperidine rings is 1. The van der Waals surface area contributed by atoms with E-state index in [0.717, 1.165) is 36.2 Å². The van der Waals surface area contributed by atoms with E-state index in [2.05, 4.69) is 30.7 Å². The predicted octanol–water partition coefficient (Wildman–Crippen LogP) is 7.03. The van der Waals surface area contributed by atoms with Crippen LogP contribution in [0.5, 0.6) is 5.75 Å². The third-order valence-electron chi connectivity index (χ3n) is 12.1. The lowest BCUT2D eigenvalue weighted by atomic mass is 9.94. The monoisotopic (exact) mass is 957 g/mol. The van der Waals surface area contributed by atoms with E-state index < -0.39 is 134 Å². The van der Waals surface area contributed by atoms with Gasteiger partial charge in [0.1, 0.15) is 41.6 Å². The summed E-state index contributed by atoms with van der Waals surface area (Å²) >= 11 is 0. The van der Waals surface area contributed by atoms with Gasteiger partial charge in [0.2, 0.25) is 29.9 Å². The lowest BCUT2D eigenvalue weighted by Gasteiger charge is -2.40. The lowest BCUT2D eigenvalue weighted by molar-refractivity contribution is -0.152. The minimum absolute atomic E-state index is 0.0193. The number of rotatable bonds is 11. The highest BCUT2D eigenvalue weighted by molar-refractivity contribution is 6.02. The molecule has 1 unspecified atom stereocenters. The van der Waals surface area contributed by atoms with Crippen molar-refractivity contribution in [2.45, 2.75) is 89.2 Å². The summed E-state index contributed by atoms with van der Waals surface area (Å²) in [7, 11) is 2.17. The molecule has 4 N–H and O–H groups in total. The fourth-order valence-corrected chi connectivity index (χ4v) is 8.71. The highest BCUT2D eigenvalue weighted by Crippen LogP contribution is 2.46. The number of fused-ring (bicyclic) bond motifs is 5. The summed E-state index contributed by atoms with van der Waals surface area (Å²) < 4.78 is 106. The van der Waals surface area contributed by atoms with E-state index in [1.165, 1.54) is 24.3 Å². The van der Waals surface area contributed by atoms with Crippen molar-refractivity contribution in [1.82, 2.24) is 25.0 Å². The summed E-state index contributed by atoms with van der Waals surface area (Å²) in [6.07, 6.45) is -5.88. The molecule has 3 aliphatic rings.